The Labute approximate surface area is 92.5 Å². The first-order valence-corrected chi connectivity index (χ1v) is 4.53. The monoisotopic (exact) mass is 227 g/mol. The number of nitrogens with zero attached hydrogens (tertiary/aromatic N) is 1. The van der Waals surface area contributed by atoms with Crippen LogP contribution in [-0.2, 0) is 14.4 Å². The van der Waals surface area contributed by atoms with Crippen LogP contribution in [0.25, 0.3) is 0 Å². The molecule has 1 rings (SSSR count). The zero-order valence-electron chi connectivity index (χ0n) is 8.63. The summed E-state index contributed by atoms with van der Waals surface area (Å²) >= 11 is 0. The second-order valence-electron chi connectivity index (χ2n) is 2.88. The highest BCUT2D eigenvalue weighted by molar-refractivity contribution is 5.89. The molecule has 0 unspecified atom stereocenters. The lowest BCUT2D eigenvalue weighted by Crippen LogP contribution is -2.16. The summed E-state index contributed by atoms with van der Waals surface area (Å²) < 4.78 is 0. The molecule has 0 aromatic carbocycles. The molecule has 1 amide bonds. The van der Waals surface area contributed by atoms with Gasteiger partial charge in [0.1, 0.15) is 0 Å². The van der Waals surface area contributed by atoms with Gasteiger partial charge in [-0.2, -0.15) is 0 Å². The molecule has 0 aliphatic carbocycles. The Kier molecular flexibility index (Phi) is 6.27. The van der Waals surface area contributed by atoms with Crippen LogP contribution < -0.4 is 0 Å². The Hall–Kier alpha value is -2.11. The molecule has 16 heavy (non-hydrogen) atoms. The van der Waals surface area contributed by atoms with Gasteiger partial charge < -0.3 is 15.1 Å². The maximum atomic E-state index is 10.7. The topological polar surface area (TPSA) is 94.9 Å². The van der Waals surface area contributed by atoms with Crippen molar-refractivity contribution in [2.24, 2.45) is 0 Å². The van der Waals surface area contributed by atoms with Crippen LogP contribution in [-0.4, -0.2) is 39.5 Å². The fraction of sp³-hybridized carbons (Fsp3) is 0.300. The number of carbonyl (C=O) groups excluding carboxylic acids is 1. The van der Waals surface area contributed by atoms with Gasteiger partial charge in [0, 0.05) is 25.1 Å². The number of hydrogen-bond donors (Lipinski definition) is 2. The minimum Gasteiger partial charge on any atom is -0.478 e. The van der Waals surface area contributed by atoms with Crippen LogP contribution in [0.5, 0.6) is 0 Å². The summed E-state index contributed by atoms with van der Waals surface area (Å²) in [5.74, 6) is -2.31. The quantitative estimate of drug-likeness (QED) is 0.683. The highest BCUT2D eigenvalue weighted by Crippen LogP contribution is 2.08. The molecule has 0 aromatic rings. The Morgan fingerprint density at radius 1 is 1.25 bits per heavy atom. The predicted molar refractivity (Wildman–Crippen MR) is 55.6 cm³/mol. The van der Waals surface area contributed by atoms with Crippen LogP contribution >= 0.6 is 0 Å². The SMILES string of the molecule is C=CN1CCCC1=O.O=C(O)/C=C/C(=O)O. The van der Waals surface area contributed by atoms with Crippen molar-refractivity contribution in [3.63, 3.8) is 0 Å². The van der Waals surface area contributed by atoms with Gasteiger partial charge >= 0.3 is 11.9 Å². The van der Waals surface area contributed by atoms with E-state index in [0.717, 1.165) is 13.0 Å². The molecule has 0 radical (unpaired) electrons. The fourth-order valence-electron chi connectivity index (χ4n) is 1.00. The first-order valence-electron chi connectivity index (χ1n) is 4.53. The van der Waals surface area contributed by atoms with Gasteiger partial charge in [0.15, 0.2) is 0 Å². The van der Waals surface area contributed by atoms with Crippen molar-refractivity contribution in [2.45, 2.75) is 12.8 Å². The molecule has 1 fully saturated rings. The van der Waals surface area contributed by atoms with Crippen molar-refractivity contribution in [2.75, 3.05) is 6.54 Å². The average Bonchev–Trinajstić information content (AvgIpc) is 2.61. The summed E-state index contributed by atoms with van der Waals surface area (Å²) in [5, 5.41) is 15.6. The molecule has 1 aliphatic heterocycles. The molecular weight excluding hydrogens is 214 g/mol. The number of amides is 1. The number of rotatable bonds is 3. The molecule has 1 heterocycles. The Bertz CT molecular complexity index is 305. The maximum absolute atomic E-state index is 10.7. The van der Waals surface area contributed by atoms with Gasteiger partial charge in [-0.25, -0.2) is 9.59 Å². The molecule has 6 nitrogen and oxygen atoms in total. The van der Waals surface area contributed by atoms with Crippen molar-refractivity contribution in [3.05, 3.63) is 24.9 Å². The third-order valence-electron chi connectivity index (χ3n) is 1.70. The van der Waals surface area contributed by atoms with Gasteiger partial charge in [-0.05, 0) is 12.6 Å². The second kappa shape index (κ2) is 7.22. The number of carboxylic acids is 2. The maximum Gasteiger partial charge on any atom is 0.328 e. The third kappa shape index (κ3) is 6.36. The lowest BCUT2D eigenvalue weighted by Gasteiger charge is -2.05. The molecule has 1 saturated heterocycles. The molecule has 2 N–H and O–H groups in total. The number of aliphatic carboxylic acids is 2. The van der Waals surface area contributed by atoms with Crippen LogP contribution in [0.1, 0.15) is 12.8 Å². The van der Waals surface area contributed by atoms with E-state index in [4.69, 9.17) is 10.2 Å². The largest absolute Gasteiger partial charge is 0.478 e. The molecule has 0 spiro atoms. The Morgan fingerprint density at radius 3 is 1.94 bits per heavy atom. The van der Waals surface area contributed by atoms with Gasteiger partial charge in [-0.1, -0.05) is 6.58 Å². The zero-order chi connectivity index (χ0) is 12.6. The van der Waals surface area contributed by atoms with E-state index in [9.17, 15) is 14.4 Å². The minimum atomic E-state index is -1.26. The van der Waals surface area contributed by atoms with E-state index >= 15 is 0 Å². The lowest BCUT2D eigenvalue weighted by atomic mass is 10.4. The summed E-state index contributed by atoms with van der Waals surface area (Å²) in [4.78, 5) is 31.4. The van der Waals surface area contributed by atoms with Crippen LogP contribution in [0.3, 0.4) is 0 Å². The molecule has 88 valence electrons. The highest BCUT2D eigenvalue weighted by atomic mass is 16.4. The van der Waals surface area contributed by atoms with Crippen LogP contribution in [0.4, 0.5) is 0 Å². The summed E-state index contributed by atoms with van der Waals surface area (Å²) in [5.41, 5.74) is 0. The number of likely N-dealkylation sites (tertiary alicyclic amines) is 1. The van der Waals surface area contributed by atoms with Gasteiger partial charge in [-0.3, -0.25) is 4.79 Å². The first kappa shape index (κ1) is 13.9. The van der Waals surface area contributed by atoms with Crippen LogP contribution in [0.2, 0.25) is 0 Å². The fourth-order valence-corrected chi connectivity index (χ4v) is 1.00. The van der Waals surface area contributed by atoms with Crippen LogP contribution in [0.15, 0.2) is 24.9 Å². The molecule has 6 heteroatoms. The van der Waals surface area contributed by atoms with E-state index in [2.05, 4.69) is 6.58 Å². The van der Waals surface area contributed by atoms with E-state index in [-0.39, 0.29) is 5.91 Å². The zero-order valence-corrected chi connectivity index (χ0v) is 8.63. The standard InChI is InChI=1S/C6H9NO.C4H4O4/c1-2-7-5-3-4-6(7)8;5-3(6)1-2-4(7)8/h2H,1,3-5H2;1-2H,(H,5,6)(H,7,8)/b;2-1+. The van der Waals surface area contributed by atoms with Crippen LogP contribution in [0, 0.1) is 0 Å². The van der Waals surface area contributed by atoms with E-state index in [1.807, 2.05) is 0 Å². The van der Waals surface area contributed by atoms with Gasteiger partial charge in [0.05, 0.1) is 0 Å². The van der Waals surface area contributed by atoms with E-state index in [1.54, 1.807) is 11.1 Å². The van der Waals surface area contributed by atoms with Gasteiger partial charge in [-0.15, -0.1) is 0 Å². The average molecular weight is 227 g/mol. The molecule has 0 aromatic heterocycles. The summed E-state index contributed by atoms with van der Waals surface area (Å²) in [7, 11) is 0. The summed E-state index contributed by atoms with van der Waals surface area (Å²) in [6.45, 7) is 4.36. The van der Waals surface area contributed by atoms with Crippen molar-refractivity contribution in [1.29, 1.82) is 0 Å². The Balaban J connectivity index is 0.000000281. The van der Waals surface area contributed by atoms with E-state index in [0.29, 0.717) is 18.6 Å². The third-order valence-corrected chi connectivity index (χ3v) is 1.70. The number of carboxylic acid groups (broad SMARTS) is 2. The summed E-state index contributed by atoms with van der Waals surface area (Å²) in [6, 6.07) is 0. The Morgan fingerprint density at radius 2 is 1.75 bits per heavy atom. The second-order valence-corrected chi connectivity index (χ2v) is 2.88. The minimum absolute atomic E-state index is 0.208. The van der Waals surface area contributed by atoms with E-state index < -0.39 is 11.9 Å². The summed E-state index contributed by atoms with van der Waals surface area (Å²) in [6.07, 6.45) is 4.40. The van der Waals surface area contributed by atoms with Crippen molar-refractivity contribution in [1.82, 2.24) is 4.90 Å². The molecule has 0 saturated carbocycles. The smallest absolute Gasteiger partial charge is 0.328 e. The number of hydrogen-bond acceptors (Lipinski definition) is 3. The number of carbonyl (C=O) groups is 3. The van der Waals surface area contributed by atoms with E-state index in [1.165, 1.54) is 0 Å². The molecule has 1 aliphatic rings. The van der Waals surface area contributed by atoms with Gasteiger partial charge in [0.25, 0.3) is 0 Å². The lowest BCUT2D eigenvalue weighted by molar-refractivity contribution is -0.134. The molecular formula is C10H13NO5. The van der Waals surface area contributed by atoms with Crippen molar-refractivity contribution < 1.29 is 24.6 Å². The first-order chi connectivity index (χ1) is 7.47. The normalized spacial score (nSPS) is 14.5. The molecule has 0 bridgehead atoms. The van der Waals surface area contributed by atoms with Gasteiger partial charge in [0.2, 0.25) is 5.91 Å². The predicted octanol–water partition coefficient (Wildman–Crippen LogP) is 0.464. The highest BCUT2D eigenvalue weighted by Gasteiger charge is 2.15. The van der Waals surface area contributed by atoms with Crippen molar-refractivity contribution >= 4 is 17.8 Å². The van der Waals surface area contributed by atoms with Crippen molar-refractivity contribution in [3.8, 4) is 0 Å². The molecule has 0 atom stereocenters.